The number of phenols is 1. The third kappa shape index (κ3) is 4.52. The van der Waals surface area contributed by atoms with Crippen molar-refractivity contribution in [3.8, 4) is 5.75 Å². The molecule has 0 amide bonds. The van der Waals surface area contributed by atoms with Gasteiger partial charge in [-0.15, -0.1) is 11.8 Å². The molecule has 0 aliphatic heterocycles. The number of rotatable bonds is 7. The molecule has 0 heterocycles. The van der Waals surface area contributed by atoms with Gasteiger partial charge in [0, 0.05) is 28.3 Å². The van der Waals surface area contributed by atoms with Gasteiger partial charge in [0.2, 0.25) is 0 Å². The smallest absolute Gasteiger partial charge is 0.124 e. The Morgan fingerprint density at radius 3 is 2.27 bits per heavy atom. The Morgan fingerprint density at radius 1 is 1.00 bits per heavy atom. The molecule has 0 unspecified atom stereocenters. The summed E-state index contributed by atoms with van der Waals surface area (Å²) in [5.41, 5.74) is 3.27. The fraction of sp³-hybridized carbons (Fsp3) is 0.368. The van der Waals surface area contributed by atoms with Crippen LogP contribution in [0.3, 0.4) is 0 Å². The number of hydrogen-bond acceptors (Lipinski definition) is 3. The van der Waals surface area contributed by atoms with E-state index in [0.717, 1.165) is 36.5 Å². The zero-order chi connectivity index (χ0) is 15.9. The predicted molar refractivity (Wildman–Crippen MR) is 95.5 cm³/mol. The maximum absolute atomic E-state index is 10.6. The maximum Gasteiger partial charge on any atom is 0.124 e. The van der Waals surface area contributed by atoms with Crippen molar-refractivity contribution in [2.24, 2.45) is 0 Å². The molecule has 0 saturated heterocycles. The quantitative estimate of drug-likeness (QED) is 0.740. The summed E-state index contributed by atoms with van der Waals surface area (Å²) in [6.07, 6.45) is 0. The molecule has 0 spiro atoms. The lowest BCUT2D eigenvalue weighted by molar-refractivity contribution is 0.290. The van der Waals surface area contributed by atoms with Crippen molar-refractivity contribution in [2.45, 2.75) is 38.0 Å². The summed E-state index contributed by atoms with van der Waals surface area (Å²) in [6, 6.07) is 14.5. The lowest BCUT2D eigenvalue weighted by Crippen LogP contribution is -2.22. The fourth-order valence-electron chi connectivity index (χ4n) is 2.53. The van der Waals surface area contributed by atoms with Crippen LogP contribution in [0.2, 0.25) is 0 Å². The average Bonchev–Trinajstić information content (AvgIpc) is 2.54. The Kier molecular flexibility index (Phi) is 6.34. The molecule has 0 saturated carbocycles. The second kappa shape index (κ2) is 8.25. The van der Waals surface area contributed by atoms with Gasteiger partial charge >= 0.3 is 0 Å². The third-order valence-corrected chi connectivity index (χ3v) is 4.90. The highest BCUT2D eigenvalue weighted by molar-refractivity contribution is 7.98. The number of thioether (sulfide) groups is 1. The first-order valence-corrected chi connectivity index (χ1v) is 8.84. The first-order chi connectivity index (χ1) is 10.6. The number of phenolic OH excluding ortho intramolecular Hbond substituents is 1. The maximum atomic E-state index is 10.6. The molecule has 0 fully saturated rings. The molecular weight excluding hydrogens is 290 g/mol. The van der Waals surface area contributed by atoms with E-state index in [4.69, 9.17) is 0 Å². The van der Waals surface area contributed by atoms with Crippen LogP contribution in [0.15, 0.2) is 47.4 Å². The molecule has 2 aromatic rings. The lowest BCUT2D eigenvalue weighted by Gasteiger charge is -2.20. The molecule has 0 aliphatic carbocycles. The lowest BCUT2D eigenvalue weighted by atomic mass is 10.0. The Morgan fingerprint density at radius 2 is 1.64 bits per heavy atom. The molecule has 118 valence electrons. The SMILES string of the molecule is CCN(CC)Cc1cc(C)cc(CSc2ccccc2)c1O. The summed E-state index contributed by atoms with van der Waals surface area (Å²) >= 11 is 1.76. The minimum atomic E-state index is 0.459. The van der Waals surface area contributed by atoms with Crippen LogP contribution in [0.1, 0.15) is 30.5 Å². The van der Waals surface area contributed by atoms with E-state index in [0.29, 0.717) is 5.75 Å². The average molecular weight is 315 g/mol. The van der Waals surface area contributed by atoms with Gasteiger partial charge in [0.15, 0.2) is 0 Å². The van der Waals surface area contributed by atoms with Gasteiger partial charge in [0.05, 0.1) is 0 Å². The summed E-state index contributed by atoms with van der Waals surface area (Å²) in [7, 11) is 0. The van der Waals surface area contributed by atoms with Crippen LogP contribution in [0, 0.1) is 6.92 Å². The minimum absolute atomic E-state index is 0.459. The number of benzene rings is 2. The van der Waals surface area contributed by atoms with E-state index in [1.54, 1.807) is 11.8 Å². The summed E-state index contributed by atoms with van der Waals surface area (Å²) in [5.74, 6) is 1.25. The number of nitrogens with zero attached hydrogens (tertiary/aromatic N) is 1. The van der Waals surface area contributed by atoms with Crippen LogP contribution >= 0.6 is 11.8 Å². The standard InChI is InChI=1S/C19H25NOS/c1-4-20(5-2)13-16-11-15(3)12-17(19(16)21)14-22-18-9-7-6-8-10-18/h6-12,21H,4-5,13-14H2,1-3H3. The molecule has 22 heavy (non-hydrogen) atoms. The van der Waals surface area contributed by atoms with E-state index < -0.39 is 0 Å². The van der Waals surface area contributed by atoms with E-state index in [-0.39, 0.29) is 0 Å². The first-order valence-electron chi connectivity index (χ1n) is 7.85. The number of aryl methyl sites for hydroxylation is 1. The minimum Gasteiger partial charge on any atom is -0.507 e. The molecule has 0 radical (unpaired) electrons. The molecule has 3 heteroatoms. The Hall–Kier alpha value is -1.45. The predicted octanol–water partition coefficient (Wildman–Crippen LogP) is 4.83. The monoisotopic (exact) mass is 315 g/mol. The second-order valence-corrected chi connectivity index (χ2v) is 6.54. The molecule has 2 rings (SSSR count). The van der Waals surface area contributed by atoms with E-state index in [9.17, 15) is 5.11 Å². The highest BCUT2D eigenvalue weighted by Crippen LogP contribution is 2.31. The number of aromatic hydroxyl groups is 1. The van der Waals surface area contributed by atoms with Crippen molar-refractivity contribution in [1.82, 2.24) is 4.90 Å². The van der Waals surface area contributed by atoms with Gasteiger partial charge in [-0.1, -0.05) is 49.7 Å². The van der Waals surface area contributed by atoms with Crippen molar-refractivity contribution in [3.63, 3.8) is 0 Å². The van der Waals surface area contributed by atoms with Gasteiger partial charge < -0.3 is 5.11 Å². The zero-order valence-corrected chi connectivity index (χ0v) is 14.5. The molecule has 0 aromatic heterocycles. The van der Waals surface area contributed by atoms with Crippen LogP contribution in [-0.4, -0.2) is 23.1 Å². The van der Waals surface area contributed by atoms with Crippen LogP contribution in [-0.2, 0) is 12.3 Å². The highest BCUT2D eigenvalue weighted by atomic mass is 32.2. The molecular formula is C19H25NOS. The van der Waals surface area contributed by atoms with Crippen LogP contribution in [0.5, 0.6) is 5.75 Å². The topological polar surface area (TPSA) is 23.5 Å². The van der Waals surface area contributed by atoms with Crippen LogP contribution in [0.4, 0.5) is 0 Å². The van der Waals surface area contributed by atoms with E-state index in [1.807, 2.05) is 18.2 Å². The van der Waals surface area contributed by atoms with Gasteiger partial charge in [-0.2, -0.15) is 0 Å². The van der Waals surface area contributed by atoms with Gasteiger partial charge in [0.1, 0.15) is 5.75 Å². The fourth-order valence-corrected chi connectivity index (χ4v) is 3.42. The number of hydrogen-bond donors (Lipinski definition) is 1. The van der Waals surface area contributed by atoms with E-state index in [1.165, 1.54) is 10.5 Å². The molecule has 2 aromatic carbocycles. The Bertz CT molecular complexity index is 594. The van der Waals surface area contributed by atoms with Crippen LogP contribution < -0.4 is 0 Å². The first kappa shape index (κ1) is 16.9. The van der Waals surface area contributed by atoms with Crippen molar-refractivity contribution < 1.29 is 5.11 Å². The summed E-state index contributed by atoms with van der Waals surface area (Å²) < 4.78 is 0. The molecule has 0 aliphatic rings. The molecule has 0 bridgehead atoms. The van der Waals surface area contributed by atoms with E-state index in [2.05, 4.69) is 49.9 Å². The summed E-state index contributed by atoms with van der Waals surface area (Å²) in [4.78, 5) is 3.55. The second-order valence-electron chi connectivity index (χ2n) is 5.49. The van der Waals surface area contributed by atoms with E-state index >= 15 is 0 Å². The van der Waals surface area contributed by atoms with Gasteiger partial charge in [0.25, 0.3) is 0 Å². The largest absolute Gasteiger partial charge is 0.507 e. The Labute approximate surface area is 138 Å². The van der Waals surface area contributed by atoms with Crippen molar-refractivity contribution in [2.75, 3.05) is 13.1 Å². The highest BCUT2D eigenvalue weighted by Gasteiger charge is 2.11. The molecule has 0 atom stereocenters. The Balaban J connectivity index is 2.15. The molecule has 1 N–H and O–H groups in total. The van der Waals surface area contributed by atoms with Crippen molar-refractivity contribution >= 4 is 11.8 Å². The van der Waals surface area contributed by atoms with Gasteiger partial charge in [-0.3, -0.25) is 4.90 Å². The van der Waals surface area contributed by atoms with Gasteiger partial charge in [-0.25, -0.2) is 0 Å². The van der Waals surface area contributed by atoms with Gasteiger partial charge in [-0.05, 0) is 32.1 Å². The zero-order valence-electron chi connectivity index (χ0n) is 13.7. The summed E-state index contributed by atoms with van der Waals surface area (Å²) in [6.45, 7) is 9.21. The van der Waals surface area contributed by atoms with Crippen molar-refractivity contribution in [1.29, 1.82) is 0 Å². The normalized spacial score (nSPS) is 11.1. The molecule has 2 nitrogen and oxygen atoms in total. The van der Waals surface area contributed by atoms with Crippen LogP contribution in [0.25, 0.3) is 0 Å². The van der Waals surface area contributed by atoms with Crippen molar-refractivity contribution in [3.05, 3.63) is 59.2 Å². The summed E-state index contributed by atoms with van der Waals surface area (Å²) in [5, 5.41) is 10.6. The third-order valence-electron chi connectivity index (χ3n) is 3.84.